The fraction of sp³-hybridized carbons (Fsp3) is 0.778. The molecule has 1 amide bonds. The van der Waals surface area contributed by atoms with Crippen LogP contribution in [0.3, 0.4) is 0 Å². The number of rotatable bonds is 7. The third-order valence-corrected chi connectivity index (χ3v) is 2.11. The molecule has 0 heterocycles. The van der Waals surface area contributed by atoms with E-state index in [1.54, 1.807) is 0 Å². The summed E-state index contributed by atoms with van der Waals surface area (Å²) in [6.45, 7) is -0.314. The van der Waals surface area contributed by atoms with Crippen molar-refractivity contribution in [1.29, 1.82) is 0 Å². The number of nitrogens with one attached hydrogen (secondary N) is 1. The molecule has 0 radical (unpaired) electrons. The van der Waals surface area contributed by atoms with Crippen LogP contribution in [0, 0.1) is 5.41 Å². The van der Waals surface area contributed by atoms with Crippen molar-refractivity contribution in [2.75, 3.05) is 26.4 Å². The van der Waals surface area contributed by atoms with Gasteiger partial charge in [0, 0.05) is 18.8 Å². The van der Waals surface area contributed by atoms with E-state index in [0.717, 1.165) is 0 Å². The number of ketones is 1. The normalized spacial score (nSPS) is 11.2. The van der Waals surface area contributed by atoms with Crippen molar-refractivity contribution in [1.82, 2.24) is 5.32 Å². The van der Waals surface area contributed by atoms with Gasteiger partial charge in [0.05, 0.1) is 26.4 Å². The van der Waals surface area contributed by atoms with Gasteiger partial charge < -0.3 is 20.6 Å². The maximum absolute atomic E-state index is 11.3. The highest BCUT2D eigenvalue weighted by molar-refractivity contribution is 5.85. The van der Waals surface area contributed by atoms with Crippen molar-refractivity contribution in [3.8, 4) is 0 Å². The second kappa shape index (κ2) is 6.49. The van der Waals surface area contributed by atoms with Gasteiger partial charge in [-0.05, 0) is 0 Å². The van der Waals surface area contributed by atoms with E-state index in [2.05, 4.69) is 5.32 Å². The Bertz CT molecular complexity index is 216. The zero-order valence-corrected chi connectivity index (χ0v) is 8.69. The molecule has 0 atom stereocenters. The fourth-order valence-corrected chi connectivity index (χ4v) is 1.02. The number of Topliss-reactive ketones (excluding diaryl/α,β-unsaturated/α-hetero) is 1. The Morgan fingerprint density at radius 2 is 1.60 bits per heavy atom. The summed E-state index contributed by atoms with van der Waals surface area (Å²) in [7, 11) is 0. The Hall–Kier alpha value is -0.980. The third-order valence-electron chi connectivity index (χ3n) is 2.11. The number of hydrogen-bond donors (Lipinski definition) is 4. The Morgan fingerprint density at radius 1 is 1.13 bits per heavy atom. The van der Waals surface area contributed by atoms with Gasteiger partial charge in [-0.1, -0.05) is 0 Å². The summed E-state index contributed by atoms with van der Waals surface area (Å²) < 4.78 is 0. The third kappa shape index (κ3) is 4.87. The van der Waals surface area contributed by atoms with Gasteiger partial charge in [0.1, 0.15) is 0 Å². The van der Waals surface area contributed by atoms with Crippen LogP contribution < -0.4 is 5.32 Å². The minimum atomic E-state index is -1.20. The average molecular weight is 219 g/mol. The van der Waals surface area contributed by atoms with Crippen LogP contribution in [0.4, 0.5) is 0 Å². The lowest BCUT2D eigenvalue weighted by Gasteiger charge is -2.26. The van der Waals surface area contributed by atoms with Crippen molar-refractivity contribution in [2.45, 2.75) is 13.3 Å². The number of hydrogen-bond acceptors (Lipinski definition) is 5. The molecular formula is C9H17NO5. The molecule has 0 bridgehead atoms. The van der Waals surface area contributed by atoms with Crippen molar-refractivity contribution < 1.29 is 24.9 Å². The highest BCUT2D eigenvalue weighted by atomic mass is 16.3. The second-order valence-electron chi connectivity index (χ2n) is 3.60. The number of amides is 1. The summed E-state index contributed by atoms with van der Waals surface area (Å²) in [5.74, 6) is -0.673. The molecule has 0 aliphatic heterocycles. The van der Waals surface area contributed by atoms with E-state index in [0.29, 0.717) is 0 Å². The van der Waals surface area contributed by atoms with Crippen molar-refractivity contribution in [2.24, 2.45) is 5.41 Å². The lowest BCUT2D eigenvalue weighted by atomic mass is 9.85. The van der Waals surface area contributed by atoms with Crippen LogP contribution in [0.5, 0.6) is 0 Å². The van der Waals surface area contributed by atoms with Crippen molar-refractivity contribution >= 4 is 11.7 Å². The molecule has 88 valence electrons. The maximum atomic E-state index is 11.3. The quantitative estimate of drug-likeness (QED) is 0.398. The van der Waals surface area contributed by atoms with Crippen molar-refractivity contribution in [3.63, 3.8) is 0 Å². The molecule has 0 unspecified atom stereocenters. The van der Waals surface area contributed by atoms with Crippen LogP contribution in [-0.2, 0) is 9.59 Å². The zero-order chi connectivity index (χ0) is 11.9. The molecule has 6 heteroatoms. The predicted molar refractivity (Wildman–Crippen MR) is 52.0 cm³/mol. The molecule has 0 aliphatic carbocycles. The first-order chi connectivity index (χ1) is 6.99. The minimum Gasteiger partial charge on any atom is -0.396 e. The molecule has 0 fully saturated rings. The number of carbonyl (C=O) groups excluding carboxylic acids is 2. The maximum Gasteiger partial charge on any atom is 0.217 e. The van der Waals surface area contributed by atoms with Crippen molar-refractivity contribution in [3.05, 3.63) is 0 Å². The topological polar surface area (TPSA) is 107 Å². The monoisotopic (exact) mass is 219 g/mol. The molecule has 0 aliphatic rings. The summed E-state index contributed by atoms with van der Waals surface area (Å²) in [6.07, 6.45) is -0.170. The highest BCUT2D eigenvalue weighted by Crippen LogP contribution is 2.19. The highest BCUT2D eigenvalue weighted by Gasteiger charge is 2.30. The molecular weight excluding hydrogens is 202 g/mol. The SMILES string of the molecule is CC(=O)NCC(=O)CC(CO)(CO)CO. The van der Waals surface area contributed by atoms with Crippen LogP contribution in [0.25, 0.3) is 0 Å². The number of aliphatic hydroxyl groups excluding tert-OH is 3. The van der Waals surface area contributed by atoms with E-state index in [1.807, 2.05) is 0 Å². The van der Waals surface area contributed by atoms with Crippen LogP contribution in [0.15, 0.2) is 0 Å². The van der Waals surface area contributed by atoms with Gasteiger partial charge in [-0.15, -0.1) is 0 Å². The first-order valence-corrected chi connectivity index (χ1v) is 4.58. The van der Waals surface area contributed by atoms with E-state index >= 15 is 0 Å². The van der Waals surface area contributed by atoms with Gasteiger partial charge in [0.15, 0.2) is 5.78 Å². The van der Waals surface area contributed by atoms with Gasteiger partial charge in [-0.25, -0.2) is 0 Å². The molecule has 0 rings (SSSR count). The molecule has 15 heavy (non-hydrogen) atoms. The molecule has 0 saturated heterocycles. The van der Waals surface area contributed by atoms with E-state index in [9.17, 15) is 9.59 Å². The second-order valence-corrected chi connectivity index (χ2v) is 3.60. The standard InChI is InChI=1S/C9H17NO5/c1-7(14)10-3-8(15)2-9(4-11,5-12)6-13/h11-13H,2-6H2,1H3,(H,10,14). The lowest BCUT2D eigenvalue weighted by Crippen LogP contribution is -2.39. The van der Waals surface area contributed by atoms with Gasteiger partial charge >= 0.3 is 0 Å². The summed E-state index contributed by atoms with van der Waals surface area (Å²) >= 11 is 0. The Morgan fingerprint density at radius 3 is 1.93 bits per heavy atom. The molecule has 0 aromatic carbocycles. The Labute approximate surface area is 87.9 Å². The largest absolute Gasteiger partial charge is 0.396 e. The van der Waals surface area contributed by atoms with E-state index in [4.69, 9.17) is 15.3 Å². The molecule has 4 N–H and O–H groups in total. The lowest BCUT2D eigenvalue weighted by molar-refractivity contribution is -0.127. The fourth-order valence-electron chi connectivity index (χ4n) is 1.02. The van der Waals surface area contributed by atoms with E-state index in [-0.39, 0.29) is 24.7 Å². The summed E-state index contributed by atoms with van der Waals surface area (Å²) in [5.41, 5.74) is -1.20. The van der Waals surface area contributed by atoms with Crippen LogP contribution in [-0.4, -0.2) is 53.4 Å². The van der Waals surface area contributed by atoms with Crippen LogP contribution >= 0.6 is 0 Å². The minimum absolute atomic E-state index is 0.156. The first kappa shape index (κ1) is 14.0. The van der Waals surface area contributed by atoms with E-state index < -0.39 is 25.2 Å². The van der Waals surface area contributed by atoms with Gasteiger partial charge in [0.25, 0.3) is 0 Å². The Balaban J connectivity index is 4.17. The predicted octanol–water partition coefficient (Wildman–Crippen LogP) is -1.95. The zero-order valence-electron chi connectivity index (χ0n) is 8.69. The van der Waals surface area contributed by atoms with Gasteiger partial charge in [-0.2, -0.15) is 0 Å². The molecule has 0 saturated carbocycles. The smallest absolute Gasteiger partial charge is 0.217 e. The van der Waals surface area contributed by atoms with Crippen LogP contribution in [0.2, 0.25) is 0 Å². The molecule has 0 aromatic rings. The average Bonchev–Trinajstić information content (AvgIpc) is 2.23. The number of aliphatic hydroxyl groups is 3. The molecule has 0 spiro atoms. The summed E-state index contributed by atoms with van der Waals surface area (Å²) in [6, 6.07) is 0. The number of carbonyl (C=O) groups is 2. The van der Waals surface area contributed by atoms with Crippen LogP contribution in [0.1, 0.15) is 13.3 Å². The molecule has 0 aromatic heterocycles. The molecule has 6 nitrogen and oxygen atoms in total. The van der Waals surface area contributed by atoms with Gasteiger partial charge in [0.2, 0.25) is 5.91 Å². The van der Waals surface area contributed by atoms with Gasteiger partial charge in [-0.3, -0.25) is 9.59 Å². The summed E-state index contributed by atoms with van der Waals surface area (Å²) in [4.78, 5) is 21.8. The summed E-state index contributed by atoms with van der Waals surface area (Å²) in [5, 5.41) is 29.1. The first-order valence-electron chi connectivity index (χ1n) is 4.58. The Kier molecular flexibility index (Phi) is 6.07. The van der Waals surface area contributed by atoms with E-state index in [1.165, 1.54) is 6.92 Å².